The van der Waals surface area contributed by atoms with Crippen molar-refractivity contribution in [2.45, 2.75) is 38.0 Å². The highest BCUT2D eigenvalue weighted by Gasteiger charge is 2.43. The summed E-state index contributed by atoms with van der Waals surface area (Å²) in [6.07, 6.45) is 6.88. The Balaban J connectivity index is 1.59. The van der Waals surface area contributed by atoms with Crippen LogP contribution >= 0.6 is 0 Å². The zero-order valence-corrected chi connectivity index (χ0v) is 15.1. The lowest BCUT2D eigenvalue weighted by Crippen LogP contribution is -2.46. The zero-order chi connectivity index (χ0) is 17.1. The second-order valence-electron chi connectivity index (χ2n) is 7.29. The Kier molecular flexibility index (Phi) is 4.82. The third-order valence-electron chi connectivity index (χ3n) is 5.68. The normalized spacial score (nSPS) is 23.1. The first kappa shape index (κ1) is 16.7. The highest BCUT2D eigenvalue weighted by Crippen LogP contribution is 2.44. The molecule has 0 amide bonds. The van der Waals surface area contributed by atoms with E-state index in [1.54, 1.807) is 0 Å². The number of fused-ring (bicyclic) bond motifs is 2. The number of hydrogen-bond donors (Lipinski definition) is 0. The van der Waals surface area contributed by atoms with Gasteiger partial charge in [0.1, 0.15) is 0 Å². The lowest BCUT2D eigenvalue weighted by molar-refractivity contribution is 0.0814. The summed E-state index contributed by atoms with van der Waals surface area (Å²) in [6.45, 7) is 7.02. The molecule has 2 aliphatic rings. The molecule has 25 heavy (non-hydrogen) atoms. The molecule has 1 spiro atoms. The molecule has 1 unspecified atom stereocenters. The molecule has 0 N–H and O–H groups in total. The van der Waals surface area contributed by atoms with Gasteiger partial charge in [0.05, 0.1) is 12.3 Å². The summed E-state index contributed by atoms with van der Waals surface area (Å²) in [5.41, 5.74) is 3.98. The summed E-state index contributed by atoms with van der Waals surface area (Å²) in [5.74, 6) is 0.868. The second kappa shape index (κ2) is 7.22. The number of hydrogen-bond acceptors (Lipinski definition) is 4. The summed E-state index contributed by atoms with van der Waals surface area (Å²) in [6, 6.07) is 10.3. The Morgan fingerprint density at radius 1 is 1.20 bits per heavy atom. The molecule has 1 atom stereocenters. The van der Waals surface area contributed by atoms with E-state index in [-0.39, 0.29) is 5.41 Å². The fraction of sp³-hybridized carbons (Fsp3) is 0.524. The van der Waals surface area contributed by atoms with E-state index in [0.717, 1.165) is 44.1 Å². The first-order chi connectivity index (χ1) is 12.3. The fourth-order valence-electron chi connectivity index (χ4n) is 4.42. The van der Waals surface area contributed by atoms with Crippen LogP contribution in [0.3, 0.4) is 0 Å². The molecule has 1 fully saturated rings. The summed E-state index contributed by atoms with van der Waals surface area (Å²) < 4.78 is 5.57. The van der Waals surface area contributed by atoms with Gasteiger partial charge in [-0.2, -0.15) is 0 Å². The van der Waals surface area contributed by atoms with Crippen molar-refractivity contribution in [2.24, 2.45) is 0 Å². The van der Waals surface area contributed by atoms with E-state index in [4.69, 9.17) is 9.72 Å². The van der Waals surface area contributed by atoms with Crippen LogP contribution in [0.2, 0.25) is 0 Å². The van der Waals surface area contributed by atoms with Crippen molar-refractivity contribution in [3.8, 4) is 11.4 Å². The van der Waals surface area contributed by atoms with E-state index in [1.807, 2.05) is 6.07 Å². The van der Waals surface area contributed by atoms with E-state index in [0.29, 0.717) is 0 Å². The van der Waals surface area contributed by atoms with Gasteiger partial charge < -0.3 is 9.64 Å². The van der Waals surface area contributed by atoms with E-state index in [1.165, 1.54) is 37.1 Å². The Labute approximate surface area is 150 Å². The van der Waals surface area contributed by atoms with Crippen molar-refractivity contribution in [1.82, 2.24) is 14.9 Å². The molecule has 0 saturated carbocycles. The highest BCUT2D eigenvalue weighted by molar-refractivity contribution is 5.55. The van der Waals surface area contributed by atoms with Gasteiger partial charge in [-0.3, -0.25) is 0 Å². The molecule has 1 saturated heterocycles. The average Bonchev–Trinajstić information content (AvgIpc) is 3.00. The molecular formula is C21H27N3O. The molecular weight excluding hydrogens is 310 g/mol. The van der Waals surface area contributed by atoms with Crippen LogP contribution in [0, 0.1) is 0 Å². The van der Waals surface area contributed by atoms with Crippen LogP contribution in [0.5, 0.6) is 0 Å². The second-order valence-corrected chi connectivity index (χ2v) is 7.29. The third kappa shape index (κ3) is 3.33. The zero-order valence-electron chi connectivity index (χ0n) is 15.1. The van der Waals surface area contributed by atoms with E-state index >= 15 is 0 Å². The molecule has 0 bridgehead atoms. The predicted octanol–water partition coefficient (Wildman–Crippen LogP) is 3.46. The lowest BCUT2D eigenvalue weighted by Gasteiger charge is -2.40. The minimum Gasteiger partial charge on any atom is -0.380 e. The van der Waals surface area contributed by atoms with Gasteiger partial charge >= 0.3 is 0 Å². The third-order valence-corrected chi connectivity index (χ3v) is 5.68. The molecule has 1 aromatic carbocycles. The molecule has 132 valence electrons. The molecule has 4 heteroatoms. The van der Waals surface area contributed by atoms with Gasteiger partial charge in [0.15, 0.2) is 5.82 Å². The quantitative estimate of drug-likeness (QED) is 0.783. The average molecular weight is 337 g/mol. The molecule has 4 rings (SSSR count). The monoisotopic (exact) mass is 337 g/mol. The Morgan fingerprint density at radius 2 is 2.08 bits per heavy atom. The fourth-order valence-corrected chi connectivity index (χ4v) is 4.42. The smallest absolute Gasteiger partial charge is 0.159 e. The number of benzene rings is 1. The lowest BCUT2D eigenvalue weighted by atomic mass is 9.77. The Hall–Kier alpha value is -1.78. The van der Waals surface area contributed by atoms with Gasteiger partial charge in [0.2, 0.25) is 0 Å². The summed E-state index contributed by atoms with van der Waals surface area (Å²) in [5, 5.41) is 0. The summed E-state index contributed by atoms with van der Waals surface area (Å²) in [7, 11) is 0. The Bertz CT molecular complexity index is 714. The maximum absolute atomic E-state index is 5.57. The van der Waals surface area contributed by atoms with Crippen LogP contribution in [-0.4, -0.2) is 47.7 Å². The van der Waals surface area contributed by atoms with Crippen molar-refractivity contribution >= 4 is 0 Å². The van der Waals surface area contributed by atoms with Crippen LogP contribution in [0.25, 0.3) is 11.4 Å². The maximum Gasteiger partial charge on any atom is 0.159 e. The first-order valence-electron chi connectivity index (χ1n) is 9.53. The minimum absolute atomic E-state index is 0.215. The number of ether oxygens (including phenoxy) is 1. The standard InChI is InChI=1S/C21H27N3O/c1-2-25-14-13-24-12-6-10-21(16-24)11-9-18-15-22-20(23-19(18)21)17-7-4-3-5-8-17/h3-5,7-8,15H,2,6,9-14,16H2,1H3. The summed E-state index contributed by atoms with van der Waals surface area (Å²) >= 11 is 0. The van der Waals surface area contributed by atoms with Crippen molar-refractivity contribution in [3.05, 3.63) is 47.8 Å². The predicted molar refractivity (Wildman–Crippen MR) is 99.6 cm³/mol. The van der Waals surface area contributed by atoms with Gasteiger partial charge in [0.25, 0.3) is 0 Å². The Morgan fingerprint density at radius 3 is 2.92 bits per heavy atom. The number of rotatable bonds is 5. The van der Waals surface area contributed by atoms with E-state index < -0.39 is 0 Å². The molecule has 2 aromatic rings. The molecule has 0 radical (unpaired) electrons. The van der Waals surface area contributed by atoms with Gasteiger partial charge in [-0.25, -0.2) is 9.97 Å². The number of aryl methyl sites for hydroxylation is 1. The number of likely N-dealkylation sites (tertiary alicyclic amines) is 1. The molecule has 4 nitrogen and oxygen atoms in total. The topological polar surface area (TPSA) is 38.2 Å². The largest absolute Gasteiger partial charge is 0.380 e. The van der Waals surface area contributed by atoms with Crippen molar-refractivity contribution in [2.75, 3.05) is 32.8 Å². The van der Waals surface area contributed by atoms with Gasteiger partial charge in [-0.1, -0.05) is 30.3 Å². The molecule has 1 aliphatic heterocycles. The van der Waals surface area contributed by atoms with Crippen molar-refractivity contribution in [1.29, 1.82) is 0 Å². The molecule has 2 heterocycles. The van der Waals surface area contributed by atoms with Crippen LogP contribution in [0.15, 0.2) is 36.5 Å². The van der Waals surface area contributed by atoms with Gasteiger partial charge in [0, 0.05) is 36.9 Å². The van der Waals surface area contributed by atoms with Crippen molar-refractivity contribution in [3.63, 3.8) is 0 Å². The number of piperidine rings is 1. The van der Waals surface area contributed by atoms with Crippen molar-refractivity contribution < 1.29 is 4.74 Å². The van der Waals surface area contributed by atoms with E-state index in [2.05, 4.69) is 47.3 Å². The van der Waals surface area contributed by atoms with Gasteiger partial charge in [-0.05, 0) is 44.7 Å². The number of nitrogens with zero attached hydrogens (tertiary/aromatic N) is 3. The summed E-state index contributed by atoms with van der Waals surface area (Å²) in [4.78, 5) is 12.3. The van der Waals surface area contributed by atoms with Crippen LogP contribution in [0.1, 0.15) is 37.4 Å². The van der Waals surface area contributed by atoms with Gasteiger partial charge in [-0.15, -0.1) is 0 Å². The van der Waals surface area contributed by atoms with Crippen LogP contribution in [-0.2, 0) is 16.6 Å². The molecule has 1 aliphatic carbocycles. The van der Waals surface area contributed by atoms with Crippen LogP contribution in [0.4, 0.5) is 0 Å². The minimum atomic E-state index is 0.215. The van der Waals surface area contributed by atoms with Crippen LogP contribution < -0.4 is 0 Å². The molecule has 1 aromatic heterocycles. The maximum atomic E-state index is 5.57. The number of aromatic nitrogens is 2. The highest BCUT2D eigenvalue weighted by atomic mass is 16.5. The SMILES string of the molecule is CCOCCN1CCCC2(CCc3cnc(-c4ccccc4)nc32)C1. The first-order valence-corrected chi connectivity index (χ1v) is 9.53. The van der Waals surface area contributed by atoms with E-state index in [9.17, 15) is 0 Å².